The Morgan fingerprint density at radius 1 is 0.957 bits per heavy atom. The molecular weight excluding hydrogens is 282 g/mol. The van der Waals surface area contributed by atoms with Crippen molar-refractivity contribution in [2.45, 2.75) is 26.2 Å². The van der Waals surface area contributed by atoms with E-state index in [9.17, 15) is 0 Å². The topological polar surface area (TPSA) is 30.7 Å². The molecule has 0 spiro atoms. The molecule has 0 saturated heterocycles. The first kappa shape index (κ1) is 13.9. The van der Waals surface area contributed by atoms with E-state index in [2.05, 4.69) is 65.9 Å². The van der Waals surface area contributed by atoms with Crippen molar-refractivity contribution in [3.05, 3.63) is 66.5 Å². The summed E-state index contributed by atoms with van der Waals surface area (Å²) in [7, 11) is 0. The van der Waals surface area contributed by atoms with Crippen LogP contribution in [-0.2, 0) is 0 Å². The second-order valence-electron chi connectivity index (χ2n) is 5.98. The molecule has 0 N–H and O–H groups in total. The van der Waals surface area contributed by atoms with E-state index in [4.69, 9.17) is 4.98 Å². The van der Waals surface area contributed by atoms with Gasteiger partial charge in [0.25, 0.3) is 0 Å². The average molecular weight is 301 g/mol. The van der Waals surface area contributed by atoms with E-state index in [0.29, 0.717) is 5.92 Å². The Morgan fingerprint density at radius 2 is 1.78 bits per heavy atom. The van der Waals surface area contributed by atoms with Gasteiger partial charge in [-0.2, -0.15) is 0 Å². The van der Waals surface area contributed by atoms with Crippen LogP contribution in [0.3, 0.4) is 0 Å². The average Bonchev–Trinajstić information content (AvgIpc) is 2.96. The van der Waals surface area contributed by atoms with Gasteiger partial charge in [-0.25, -0.2) is 4.98 Å². The van der Waals surface area contributed by atoms with Crippen LogP contribution in [0.1, 0.15) is 31.7 Å². The van der Waals surface area contributed by atoms with Gasteiger partial charge in [0.15, 0.2) is 0 Å². The summed E-state index contributed by atoms with van der Waals surface area (Å²) in [5.41, 5.74) is 4.55. The molecule has 0 radical (unpaired) electrons. The minimum atomic E-state index is 0.538. The van der Waals surface area contributed by atoms with Crippen LogP contribution in [0.25, 0.3) is 27.8 Å². The summed E-state index contributed by atoms with van der Waals surface area (Å²) in [4.78, 5) is 9.29. The lowest BCUT2D eigenvalue weighted by Crippen LogP contribution is -1.99. The van der Waals surface area contributed by atoms with Crippen LogP contribution in [0.5, 0.6) is 0 Å². The van der Waals surface area contributed by atoms with Crippen molar-refractivity contribution in [3.63, 3.8) is 0 Å². The van der Waals surface area contributed by atoms with Gasteiger partial charge in [0.05, 0.1) is 16.6 Å². The smallest absolute Gasteiger partial charge is 0.137 e. The number of benzene rings is 1. The molecule has 4 aromatic rings. The number of hydrogen-bond acceptors (Lipinski definition) is 2. The number of hydrogen-bond donors (Lipinski definition) is 0. The number of pyridine rings is 2. The Labute approximate surface area is 135 Å². The lowest BCUT2D eigenvalue weighted by Gasteiger charge is -2.11. The van der Waals surface area contributed by atoms with E-state index in [0.717, 1.165) is 34.2 Å². The molecule has 3 aromatic heterocycles. The Morgan fingerprint density at radius 3 is 2.57 bits per heavy atom. The van der Waals surface area contributed by atoms with Crippen LogP contribution in [0, 0.1) is 0 Å². The summed E-state index contributed by atoms with van der Waals surface area (Å²) < 4.78 is 2.19. The maximum absolute atomic E-state index is 4.73. The van der Waals surface area contributed by atoms with Gasteiger partial charge >= 0.3 is 0 Å². The molecule has 3 heteroatoms. The van der Waals surface area contributed by atoms with E-state index in [1.54, 1.807) is 0 Å². The molecule has 3 heterocycles. The van der Waals surface area contributed by atoms with Crippen molar-refractivity contribution in [3.8, 4) is 5.82 Å². The first-order valence-electron chi connectivity index (χ1n) is 8.10. The fourth-order valence-electron chi connectivity index (χ4n) is 3.09. The highest BCUT2D eigenvalue weighted by Gasteiger charge is 2.13. The number of rotatable bonds is 3. The lowest BCUT2D eigenvalue weighted by atomic mass is 10.0. The predicted molar refractivity (Wildman–Crippen MR) is 95.1 cm³/mol. The van der Waals surface area contributed by atoms with E-state index in [1.165, 1.54) is 5.56 Å². The predicted octanol–water partition coefficient (Wildman–Crippen LogP) is 5.09. The van der Waals surface area contributed by atoms with E-state index in [1.807, 2.05) is 18.5 Å². The zero-order valence-electron chi connectivity index (χ0n) is 13.4. The Balaban J connectivity index is 1.97. The molecule has 3 nitrogen and oxygen atoms in total. The van der Waals surface area contributed by atoms with Gasteiger partial charge in [-0.1, -0.05) is 38.1 Å². The molecule has 0 aliphatic rings. The zero-order chi connectivity index (χ0) is 15.8. The summed E-state index contributed by atoms with van der Waals surface area (Å²) in [6, 6.07) is 16.7. The summed E-state index contributed by atoms with van der Waals surface area (Å²) in [6.45, 7) is 4.44. The monoisotopic (exact) mass is 301 g/mol. The first-order valence-corrected chi connectivity index (χ1v) is 8.10. The van der Waals surface area contributed by atoms with Crippen LogP contribution in [0.2, 0.25) is 0 Å². The number of fused-ring (bicyclic) bond motifs is 3. The molecule has 0 amide bonds. The van der Waals surface area contributed by atoms with Gasteiger partial charge < -0.3 is 0 Å². The van der Waals surface area contributed by atoms with Crippen LogP contribution in [0.15, 0.2) is 60.9 Å². The summed E-state index contributed by atoms with van der Waals surface area (Å²) >= 11 is 0. The highest BCUT2D eigenvalue weighted by atomic mass is 15.1. The third kappa shape index (κ3) is 2.20. The molecule has 1 atom stereocenters. The van der Waals surface area contributed by atoms with Crippen LogP contribution in [0.4, 0.5) is 0 Å². The van der Waals surface area contributed by atoms with E-state index in [-0.39, 0.29) is 0 Å². The minimum absolute atomic E-state index is 0.538. The number of nitrogens with zero attached hydrogens (tertiary/aromatic N) is 3. The van der Waals surface area contributed by atoms with Crippen molar-refractivity contribution in [1.82, 2.24) is 14.5 Å². The Bertz CT molecular complexity index is 914. The zero-order valence-corrected chi connectivity index (χ0v) is 13.4. The van der Waals surface area contributed by atoms with Gasteiger partial charge in [-0.3, -0.25) is 9.55 Å². The van der Waals surface area contributed by atoms with Crippen LogP contribution >= 0.6 is 0 Å². The number of para-hydroxylation sites is 1. The lowest BCUT2D eigenvalue weighted by molar-refractivity contribution is 0.729. The van der Waals surface area contributed by atoms with E-state index < -0.39 is 0 Å². The summed E-state index contributed by atoms with van der Waals surface area (Å²) in [5, 5.41) is 1.16. The van der Waals surface area contributed by atoms with Gasteiger partial charge in [0.2, 0.25) is 0 Å². The quantitative estimate of drug-likeness (QED) is 0.528. The number of aromatic nitrogens is 3. The standard InChI is InChI=1S/C20H19N3/c1-3-14(2)15-10-11-19(22-13-15)23-17-8-5-4-7-16(17)20-18(23)9-6-12-21-20/h4-14H,3H2,1-2H3. The van der Waals surface area contributed by atoms with Crippen molar-refractivity contribution < 1.29 is 0 Å². The van der Waals surface area contributed by atoms with Crippen LogP contribution < -0.4 is 0 Å². The van der Waals surface area contributed by atoms with Gasteiger partial charge in [0, 0.05) is 17.8 Å². The molecule has 0 aliphatic heterocycles. The van der Waals surface area contributed by atoms with Crippen LogP contribution in [-0.4, -0.2) is 14.5 Å². The normalized spacial score (nSPS) is 12.8. The second kappa shape index (κ2) is 5.51. The Hall–Kier alpha value is -2.68. The SMILES string of the molecule is CCC(C)c1ccc(-n2c3ccccc3c3ncccc32)nc1. The van der Waals surface area contributed by atoms with Crippen molar-refractivity contribution >= 4 is 21.9 Å². The molecule has 4 rings (SSSR count). The molecule has 23 heavy (non-hydrogen) atoms. The molecule has 114 valence electrons. The Kier molecular flexibility index (Phi) is 3.34. The van der Waals surface area contributed by atoms with Gasteiger partial charge in [-0.05, 0) is 42.2 Å². The molecule has 0 fully saturated rings. The largest absolute Gasteiger partial charge is 0.292 e. The first-order chi connectivity index (χ1) is 11.3. The minimum Gasteiger partial charge on any atom is -0.292 e. The highest BCUT2D eigenvalue weighted by Crippen LogP contribution is 2.30. The van der Waals surface area contributed by atoms with Gasteiger partial charge in [0.1, 0.15) is 5.82 Å². The molecule has 1 aromatic carbocycles. The van der Waals surface area contributed by atoms with Crippen molar-refractivity contribution in [1.29, 1.82) is 0 Å². The van der Waals surface area contributed by atoms with Gasteiger partial charge in [-0.15, -0.1) is 0 Å². The molecule has 1 unspecified atom stereocenters. The van der Waals surface area contributed by atoms with Crippen molar-refractivity contribution in [2.75, 3.05) is 0 Å². The fourth-order valence-corrected chi connectivity index (χ4v) is 3.09. The molecule has 0 aliphatic carbocycles. The summed E-state index contributed by atoms with van der Waals surface area (Å²) in [5.74, 6) is 1.48. The third-order valence-electron chi connectivity index (χ3n) is 4.61. The maximum atomic E-state index is 4.73. The van der Waals surface area contributed by atoms with Crippen molar-refractivity contribution in [2.24, 2.45) is 0 Å². The fraction of sp³-hybridized carbons (Fsp3) is 0.200. The summed E-state index contributed by atoms with van der Waals surface area (Å²) in [6.07, 6.45) is 4.97. The molecule has 0 bridgehead atoms. The second-order valence-corrected chi connectivity index (χ2v) is 5.98. The highest BCUT2D eigenvalue weighted by molar-refractivity contribution is 6.06. The molecular formula is C20H19N3. The van der Waals surface area contributed by atoms with E-state index >= 15 is 0 Å². The molecule has 0 saturated carbocycles. The third-order valence-corrected chi connectivity index (χ3v) is 4.61. The maximum Gasteiger partial charge on any atom is 0.137 e.